The van der Waals surface area contributed by atoms with E-state index in [1.54, 1.807) is 7.11 Å². The van der Waals surface area contributed by atoms with Gasteiger partial charge in [0.2, 0.25) is 0 Å². The molecule has 0 unspecified atom stereocenters. The highest BCUT2D eigenvalue weighted by Crippen LogP contribution is 2.14. The van der Waals surface area contributed by atoms with E-state index in [1.807, 2.05) is 36.1 Å². The van der Waals surface area contributed by atoms with Gasteiger partial charge in [0.15, 0.2) is 0 Å². The van der Waals surface area contributed by atoms with Crippen LogP contribution in [0.5, 0.6) is 5.75 Å². The summed E-state index contributed by atoms with van der Waals surface area (Å²) in [6.07, 6.45) is 3.80. The molecule has 2 rings (SSSR count). The average molecular weight is 245 g/mol. The molecule has 0 amide bonds. The van der Waals surface area contributed by atoms with Crippen molar-refractivity contribution in [3.63, 3.8) is 0 Å². The Labute approximate surface area is 108 Å². The van der Waals surface area contributed by atoms with Crippen LogP contribution in [0.1, 0.15) is 11.4 Å². The summed E-state index contributed by atoms with van der Waals surface area (Å²) in [6.45, 7) is 1.71. The van der Waals surface area contributed by atoms with Gasteiger partial charge in [-0.3, -0.25) is 4.90 Å². The van der Waals surface area contributed by atoms with Crippen molar-refractivity contribution in [3.8, 4) is 5.75 Å². The standard InChI is InChI=1S/C14H19N3O/c1-16(11-14-15-7-8-17(14)2)10-12-5-4-6-13(9-12)18-3/h4-9H,10-11H2,1-3H3. The van der Waals surface area contributed by atoms with Crippen LogP contribution in [0.15, 0.2) is 36.7 Å². The van der Waals surface area contributed by atoms with Crippen LogP contribution in [0.4, 0.5) is 0 Å². The molecule has 0 atom stereocenters. The molecule has 0 fully saturated rings. The van der Waals surface area contributed by atoms with Gasteiger partial charge in [-0.05, 0) is 24.7 Å². The number of aryl methyl sites for hydroxylation is 1. The van der Waals surface area contributed by atoms with Crippen LogP contribution in [0.2, 0.25) is 0 Å². The molecule has 1 aromatic heterocycles. The number of imidazole rings is 1. The van der Waals surface area contributed by atoms with Crippen LogP contribution in [-0.2, 0) is 20.1 Å². The molecule has 1 heterocycles. The predicted molar refractivity (Wildman–Crippen MR) is 71.4 cm³/mol. The Hall–Kier alpha value is -1.81. The molecule has 0 spiro atoms. The van der Waals surface area contributed by atoms with Gasteiger partial charge >= 0.3 is 0 Å². The number of hydrogen-bond acceptors (Lipinski definition) is 3. The number of rotatable bonds is 5. The number of aromatic nitrogens is 2. The van der Waals surface area contributed by atoms with Crippen molar-refractivity contribution in [2.75, 3.05) is 14.2 Å². The summed E-state index contributed by atoms with van der Waals surface area (Å²) in [5.74, 6) is 1.97. The van der Waals surface area contributed by atoms with Crippen molar-refractivity contribution in [1.29, 1.82) is 0 Å². The molecular formula is C14H19N3O. The van der Waals surface area contributed by atoms with Crippen LogP contribution in [0.25, 0.3) is 0 Å². The topological polar surface area (TPSA) is 30.3 Å². The lowest BCUT2D eigenvalue weighted by molar-refractivity contribution is 0.306. The fraction of sp³-hybridized carbons (Fsp3) is 0.357. The van der Waals surface area contributed by atoms with Crippen molar-refractivity contribution in [2.24, 2.45) is 7.05 Å². The number of hydrogen-bond donors (Lipinski definition) is 0. The van der Waals surface area contributed by atoms with Crippen LogP contribution in [-0.4, -0.2) is 28.6 Å². The third-order valence-electron chi connectivity index (χ3n) is 2.92. The van der Waals surface area contributed by atoms with Gasteiger partial charge in [0.1, 0.15) is 11.6 Å². The van der Waals surface area contributed by atoms with Crippen LogP contribution >= 0.6 is 0 Å². The van der Waals surface area contributed by atoms with Gasteiger partial charge in [-0.1, -0.05) is 12.1 Å². The molecule has 0 aliphatic rings. The molecule has 1 aromatic carbocycles. The first kappa shape index (κ1) is 12.6. The molecule has 0 saturated heterocycles. The third kappa shape index (κ3) is 3.11. The van der Waals surface area contributed by atoms with Crippen LogP contribution < -0.4 is 4.74 Å². The second-order valence-corrected chi connectivity index (χ2v) is 4.48. The predicted octanol–water partition coefficient (Wildman–Crippen LogP) is 2.06. The van der Waals surface area contributed by atoms with Crippen LogP contribution in [0, 0.1) is 0 Å². The lowest BCUT2D eigenvalue weighted by Crippen LogP contribution is -2.19. The maximum Gasteiger partial charge on any atom is 0.122 e. The lowest BCUT2D eigenvalue weighted by atomic mass is 10.2. The largest absolute Gasteiger partial charge is 0.497 e. The minimum atomic E-state index is 0.834. The molecule has 0 saturated carbocycles. The zero-order valence-corrected chi connectivity index (χ0v) is 11.1. The number of nitrogens with zero attached hydrogens (tertiary/aromatic N) is 3. The highest BCUT2D eigenvalue weighted by Gasteiger charge is 2.05. The number of methoxy groups -OCH3 is 1. The van der Waals surface area contributed by atoms with E-state index in [2.05, 4.69) is 29.1 Å². The Kier molecular flexibility index (Phi) is 3.99. The summed E-state index contributed by atoms with van der Waals surface area (Å²) >= 11 is 0. The number of benzene rings is 1. The maximum atomic E-state index is 5.23. The fourth-order valence-corrected chi connectivity index (χ4v) is 1.93. The van der Waals surface area contributed by atoms with Gasteiger partial charge in [-0.2, -0.15) is 0 Å². The van der Waals surface area contributed by atoms with Gasteiger partial charge in [-0.25, -0.2) is 4.98 Å². The van der Waals surface area contributed by atoms with Crippen molar-refractivity contribution in [2.45, 2.75) is 13.1 Å². The molecule has 18 heavy (non-hydrogen) atoms. The van der Waals surface area contributed by atoms with Gasteiger partial charge in [0, 0.05) is 26.0 Å². The monoisotopic (exact) mass is 245 g/mol. The third-order valence-corrected chi connectivity index (χ3v) is 2.92. The Balaban J connectivity index is 1.98. The zero-order valence-electron chi connectivity index (χ0n) is 11.1. The van der Waals surface area contributed by atoms with Gasteiger partial charge in [0.25, 0.3) is 0 Å². The minimum absolute atomic E-state index is 0.834. The molecule has 4 nitrogen and oxygen atoms in total. The molecule has 0 bridgehead atoms. The zero-order chi connectivity index (χ0) is 13.0. The van der Waals surface area contributed by atoms with Crippen molar-refractivity contribution < 1.29 is 4.74 Å². The highest BCUT2D eigenvalue weighted by atomic mass is 16.5. The van der Waals surface area contributed by atoms with E-state index in [0.29, 0.717) is 0 Å². The fourth-order valence-electron chi connectivity index (χ4n) is 1.93. The van der Waals surface area contributed by atoms with E-state index in [-0.39, 0.29) is 0 Å². The summed E-state index contributed by atoms with van der Waals surface area (Å²) < 4.78 is 7.27. The van der Waals surface area contributed by atoms with Crippen LogP contribution in [0.3, 0.4) is 0 Å². The van der Waals surface area contributed by atoms with E-state index in [1.165, 1.54) is 5.56 Å². The van der Waals surface area contributed by atoms with E-state index >= 15 is 0 Å². The second kappa shape index (κ2) is 5.69. The summed E-state index contributed by atoms with van der Waals surface area (Å²) in [5.41, 5.74) is 1.24. The van der Waals surface area contributed by atoms with Gasteiger partial charge < -0.3 is 9.30 Å². The molecule has 0 aliphatic heterocycles. The summed E-state index contributed by atoms with van der Waals surface area (Å²) in [7, 11) is 5.80. The summed E-state index contributed by atoms with van der Waals surface area (Å²) in [5, 5.41) is 0. The molecule has 0 aliphatic carbocycles. The quantitative estimate of drug-likeness (QED) is 0.807. The Morgan fingerprint density at radius 3 is 2.83 bits per heavy atom. The molecule has 0 radical (unpaired) electrons. The second-order valence-electron chi connectivity index (χ2n) is 4.48. The van der Waals surface area contributed by atoms with Gasteiger partial charge in [0.05, 0.1) is 13.7 Å². The highest BCUT2D eigenvalue weighted by molar-refractivity contribution is 5.28. The lowest BCUT2D eigenvalue weighted by Gasteiger charge is -2.16. The Morgan fingerprint density at radius 1 is 1.33 bits per heavy atom. The van der Waals surface area contributed by atoms with E-state index < -0.39 is 0 Å². The molecule has 0 N–H and O–H groups in total. The first-order chi connectivity index (χ1) is 8.69. The Morgan fingerprint density at radius 2 is 2.17 bits per heavy atom. The van der Waals surface area contributed by atoms with E-state index in [4.69, 9.17) is 4.74 Å². The van der Waals surface area contributed by atoms with E-state index in [9.17, 15) is 0 Å². The molecule has 2 aromatic rings. The van der Waals surface area contributed by atoms with Crippen molar-refractivity contribution in [3.05, 3.63) is 48.0 Å². The first-order valence-corrected chi connectivity index (χ1v) is 5.96. The first-order valence-electron chi connectivity index (χ1n) is 5.96. The summed E-state index contributed by atoms with van der Waals surface area (Å²) in [4.78, 5) is 6.56. The summed E-state index contributed by atoms with van der Waals surface area (Å²) in [6, 6.07) is 8.15. The Bertz CT molecular complexity index is 507. The molecule has 4 heteroatoms. The minimum Gasteiger partial charge on any atom is -0.497 e. The van der Waals surface area contributed by atoms with Crippen molar-refractivity contribution >= 4 is 0 Å². The van der Waals surface area contributed by atoms with Crippen molar-refractivity contribution in [1.82, 2.24) is 14.5 Å². The number of ether oxygens (including phenoxy) is 1. The maximum absolute atomic E-state index is 5.23. The normalized spacial score (nSPS) is 10.9. The van der Waals surface area contributed by atoms with E-state index in [0.717, 1.165) is 24.7 Å². The SMILES string of the molecule is COc1cccc(CN(C)Cc2nccn2C)c1. The van der Waals surface area contributed by atoms with Gasteiger partial charge in [-0.15, -0.1) is 0 Å². The molecular weight excluding hydrogens is 226 g/mol. The average Bonchev–Trinajstić information content (AvgIpc) is 2.75. The molecule has 96 valence electrons. The smallest absolute Gasteiger partial charge is 0.122 e.